The standard InChI is InChI=1S/C22H19BrClNO4S/c1-2-28-21(26)14-20-25(11-12-29-18-9-7-17(24)8-10-18)22(27)19(30-20)13-15-3-5-16(23)6-4-15/h3-10,13-14H,2,11-12H2,1H3/b19-13-,20-14-. The summed E-state index contributed by atoms with van der Waals surface area (Å²) < 4.78 is 14.2. The van der Waals surface area contributed by atoms with E-state index in [0.717, 1.165) is 10.0 Å². The fourth-order valence-corrected chi connectivity index (χ4v) is 4.08. The van der Waals surface area contributed by atoms with Crippen LogP contribution in [0.25, 0.3) is 12.2 Å². The van der Waals surface area contributed by atoms with E-state index >= 15 is 0 Å². The first kappa shape index (κ1) is 22.3. The van der Waals surface area contributed by atoms with Gasteiger partial charge in [0, 0.05) is 9.50 Å². The van der Waals surface area contributed by atoms with Crippen LogP contribution in [0, 0.1) is 0 Å². The smallest absolute Gasteiger partial charge is 0.333 e. The summed E-state index contributed by atoms with van der Waals surface area (Å²) in [4.78, 5) is 24.9. The molecule has 2 aromatic carbocycles. The van der Waals surface area contributed by atoms with Crippen LogP contribution in [0.5, 0.6) is 5.75 Å². The molecule has 0 aliphatic heterocycles. The number of carbonyl (C=O) groups is 1. The molecule has 0 spiro atoms. The topological polar surface area (TPSA) is 57.5 Å². The number of rotatable bonds is 7. The quantitative estimate of drug-likeness (QED) is 0.458. The van der Waals surface area contributed by atoms with E-state index in [1.54, 1.807) is 37.3 Å². The molecule has 3 rings (SSSR count). The molecule has 0 fully saturated rings. The molecule has 30 heavy (non-hydrogen) atoms. The minimum Gasteiger partial charge on any atom is -0.492 e. The van der Waals surface area contributed by atoms with Crippen LogP contribution in [0.3, 0.4) is 0 Å². The van der Waals surface area contributed by atoms with Crippen molar-refractivity contribution in [3.05, 3.63) is 83.1 Å². The first-order valence-electron chi connectivity index (χ1n) is 9.20. The molecule has 0 N–H and O–H groups in total. The molecule has 0 saturated heterocycles. The van der Waals surface area contributed by atoms with Gasteiger partial charge in [0.15, 0.2) is 0 Å². The maximum Gasteiger partial charge on any atom is 0.333 e. The molecule has 3 aromatic rings. The Morgan fingerprint density at radius 3 is 2.53 bits per heavy atom. The van der Waals surface area contributed by atoms with Crippen LogP contribution >= 0.6 is 38.9 Å². The fraction of sp³-hybridized carbons (Fsp3) is 0.182. The van der Waals surface area contributed by atoms with E-state index in [0.29, 0.717) is 20.0 Å². The monoisotopic (exact) mass is 507 g/mol. The second kappa shape index (κ2) is 10.6. The molecule has 1 aromatic heterocycles. The maximum atomic E-state index is 13.0. The summed E-state index contributed by atoms with van der Waals surface area (Å²) in [6.07, 6.45) is 3.15. The van der Waals surface area contributed by atoms with Gasteiger partial charge in [0.05, 0.1) is 23.8 Å². The van der Waals surface area contributed by atoms with Crippen LogP contribution in [-0.4, -0.2) is 23.8 Å². The van der Waals surface area contributed by atoms with Crippen molar-refractivity contribution >= 4 is 57.0 Å². The van der Waals surface area contributed by atoms with Gasteiger partial charge < -0.3 is 9.47 Å². The highest BCUT2D eigenvalue weighted by molar-refractivity contribution is 9.10. The van der Waals surface area contributed by atoms with E-state index in [9.17, 15) is 9.59 Å². The summed E-state index contributed by atoms with van der Waals surface area (Å²) in [5.74, 6) is 0.168. The van der Waals surface area contributed by atoms with Gasteiger partial charge in [0.1, 0.15) is 17.0 Å². The van der Waals surface area contributed by atoms with Crippen LogP contribution in [0.15, 0.2) is 57.8 Å². The summed E-state index contributed by atoms with van der Waals surface area (Å²) >= 11 is 10.5. The van der Waals surface area contributed by atoms with E-state index in [2.05, 4.69) is 15.9 Å². The highest BCUT2D eigenvalue weighted by atomic mass is 79.9. The van der Waals surface area contributed by atoms with Gasteiger partial charge in [0.25, 0.3) is 5.56 Å². The first-order valence-corrected chi connectivity index (χ1v) is 11.2. The van der Waals surface area contributed by atoms with Gasteiger partial charge in [-0.05, 0) is 55.0 Å². The highest BCUT2D eigenvalue weighted by Crippen LogP contribution is 2.15. The third kappa shape index (κ3) is 6.08. The number of carbonyl (C=O) groups excluding carboxylic acids is 1. The number of hydrogen-bond acceptors (Lipinski definition) is 5. The van der Waals surface area contributed by atoms with Crippen LogP contribution < -0.4 is 19.5 Å². The molecule has 0 saturated carbocycles. The van der Waals surface area contributed by atoms with Gasteiger partial charge >= 0.3 is 5.97 Å². The Morgan fingerprint density at radius 2 is 1.87 bits per heavy atom. The zero-order chi connectivity index (χ0) is 21.5. The van der Waals surface area contributed by atoms with Gasteiger partial charge in [0.2, 0.25) is 0 Å². The average molecular weight is 509 g/mol. The minimum absolute atomic E-state index is 0.182. The van der Waals surface area contributed by atoms with Gasteiger partial charge in [-0.1, -0.05) is 39.7 Å². The first-order chi connectivity index (χ1) is 14.5. The fourth-order valence-electron chi connectivity index (χ4n) is 2.64. The lowest BCUT2D eigenvalue weighted by Crippen LogP contribution is -2.33. The average Bonchev–Trinajstić information content (AvgIpc) is 3.00. The molecule has 0 unspecified atom stereocenters. The number of benzene rings is 2. The lowest BCUT2D eigenvalue weighted by atomic mass is 10.2. The Bertz CT molecular complexity index is 1180. The molecule has 8 heteroatoms. The molecule has 0 radical (unpaired) electrons. The number of aromatic nitrogens is 1. The summed E-state index contributed by atoms with van der Waals surface area (Å²) in [6, 6.07) is 14.6. The number of halogens is 2. The highest BCUT2D eigenvalue weighted by Gasteiger charge is 2.08. The number of thiazole rings is 1. The molecule has 0 aliphatic carbocycles. The van der Waals surface area contributed by atoms with Crippen molar-refractivity contribution in [3.63, 3.8) is 0 Å². The van der Waals surface area contributed by atoms with Crippen molar-refractivity contribution in [2.24, 2.45) is 0 Å². The van der Waals surface area contributed by atoms with Gasteiger partial charge in [-0.3, -0.25) is 9.36 Å². The molecular weight excluding hydrogens is 490 g/mol. The zero-order valence-corrected chi connectivity index (χ0v) is 19.3. The number of ether oxygens (including phenoxy) is 2. The van der Waals surface area contributed by atoms with E-state index in [1.807, 2.05) is 24.3 Å². The molecule has 0 aliphatic rings. The minimum atomic E-state index is -0.485. The zero-order valence-electron chi connectivity index (χ0n) is 16.1. The predicted molar refractivity (Wildman–Crippen MR) is 124 cm³/mol. The summed E-state index contributed by atoms with van der Waals surface area (Å²) in [5.41, 5.74) is 0.710. The molecule has 0 amide bonds. The van der Waals surface area contributed by atoms with Crippen molar-refractivity contribution < 1.29 is 14.3 Å². The number of esters is 1. The Morgan fingerprint density at radius 1 is 1.17 bits per heavy atom. The van der Waals surface area contributed by atoms with Crippen molar-refractivity contribution in [1.29, 1.82) is 0 Å². The Labute approximate surface area is 191 Å². The summed E-state index contributed by atoms with van der Waals surface area (Å²) in [5, 5.41) is 0.621. The van der Waals surface area contributed by atoms with Crippen molar-refractivity contribution in [1.82, 2.24) is 4.57 Å². The number of nitrogens with zero attached hydrogens (tertiary/aromatic N) is 1. The Kier molecular flexibility index (Phi) is 7.90. The SMILES string of the molecule is CCOC(=O)/C=c1\s/c(=C\c2ccc(Br)cc2)c(=O)n1CCOc1ccc(Cl)cc1. The molecule has 5 nitrogen and oxygen atoms in total. The van der Waals surface area contributed by atoms with E-state index < -0.39 is 5.97 Å². The lowest BCUT2D eigenvalue weighted by molar-refractivity contribution is -0.135. The van der Waals surface area contributed by atoms with Crippen molar-refractivity contribution in [2.45, 2.75) is 13.5 Å². The molecular formula is C22H19BrClNO4S. The molecule has 156 valence electrons. The van der Waals surface area contributed by atoms with Crippen LogP contribution in [-0.2, 0) is 16.1 Å². The molecule has 0 atom stereocenters. The summed E-state index contributed by atoms with van der Waals surface area (Å²) in [7, 11) is 0. The van der Waals surface area contributed by atoms with Gasteiger partial charge in [-0.25, -0.2) is 4.79 Å². The normalized spacial score (nSPS) is 12.2. The van der Waals surface area contributed by atoms with E-state index in [4.69, 9.17) is 21.1 Å². The van der Waals surface area contributed by atoms with Crippen molar-refractivity contribution in [3.8, 4) is 5.75 Å². The van der Waals surface area contributed by atoms with E-state index in [-0.39, 0.29) is 25.3 Å². The third-order valence-electron chi connectivity index (χ3n) is 4.03. The second-order valence-electron chi connectivity index (χ2n) is 6.16. The van der Waals surface area contributed by atoms with Gasteiger partial charge in [-0.15, -0.1) is 11.3 Å². The third-order valence-corrected chi connectivity index (χ3v) is 5.87. The molecule has 0 bridgehead atoms. The second-order valence-corrected chi connectivity index (χ2v) is 8.57. The van der Waals surface area contributed by atoms with E-state index in [1.165, 1.54) is 22.0 Å². The Balaban J connectivity index is 1.91. The largest absolute Gasteiger partial charge is 0.492 e. The van der Waals surface area contributed by atoms with Crippen LogP contribution in [0.2, 0.25) is 5.02 Å². The van der Waals surface area contributed by atoms with Gasteiger partial charge in [-0.2, -0.15) is 0 Å². The maximum absolute atomic E-state index is 13.0. The predicted octanol–water partition coefficient (Wildman–Crippen LogP) is 3.58. The number of hydrogen-bond donors (Lipinski definition) is 0. The van der Waals surface area contributed by atoms with Crippen molar-refractivity contribution in [2.75, 3.05) is 13.2 Å². The molecule has 1 heterocycles. The Hall–Kier alpha value is -2.35. The van der Waals surface area contributed by atoms with Crippen LogP contribution in [0.1, 0.15) is 12.5 Å². The van der Waals surface area contributed by atoms with Crippen LogP contribution in [0.4, 0.5) is 0 Å². The lowest BCUT2D eigenvalue weighted by Gasteiger charge is -2.06. The summed E-state index contributed by atoms with van der Waals surface area (Å²) in [6.45, 7) is 2.56.